The molecule has 1 aliphatic heterocycles. The zero-order chi connectivity index (χ0) is 17.4. The number of nitrogens with one attached hydrogen (secondary N) is 2. The Bertz CT molecular complexity index is 538. The molecule has 0 saturated carbocycles. The fourth-order valence-electron chi connectivity index (χ4n) is 3.03. The second kappa shape index (κ2) is 9.47. The molecule has 6 heteroatoms. The molecule has 1 aliphatic rings. The summed E-state index contributed by atoms with van der Waals surface area (Å²) in [5, 5.41) is 6.65. The maximum atomic E-state index is 13.2. The van der Waals surface area contributed by atoms with Gasteiger partial charge in [-0.15, -0.1) is 0 Å². The van der Waals surface area contributed by atoms with Crippen LogP contribution in [0.4, 0.5) is 4.39 Å². The maximum absolute atomic E-state index is 13.2. The third-order valence-corrected chi connectivity index (χ3v) is 4.32. The van der Waals surface area contributed by atoms with E-state index in [1.54, 1.807) is 19.2 Å². The molecule has 0 bridgehead atoms. The van der Waals surface area contributed by atoms with Crippen LogP contribution in [-0.2, 0) is 0 Å². The minimum Gasteiger partial charge on any atom is -0.489 e. The molecular weight excluding hydrogens is 307 g/mol. The number of rotatable bonds is 7. The molecule has 0 spiro atoms. The maximum Gasteiger partial charge on any atom is 0.191 e. The van der Waals surface area contributed by atoms with E-state index in [9.17, 15) is 4.39 Å². The molecule has 0 aliphatic carbocycles. The van der Waals surface area contributed by atoms with Gasteiger partial charge in [0, 0.05) is 25.7 Å². The van der Waals surface area contributed by atoms with Gasteiger partial charge in [-0.3, -0.25) is 9.89 Å². The summed E-state index contributed by atoms with van der Waals surface area (Å²) in [6.07, 6.45) is 2.41. The van der Waals surface area contributed by atoms with Gasteiger partial charge in [0.15, 0.2) is 5.96 Å². The van der Waals surface area contributed by atoms with Gasteiger partial charge in [-0.1, -0.05) is 13.0 Å². The summed E-state index contributed by atoms with van der Waals surface area (Å²) in [4.78, 5) is 6.75. The summed E-state index contributed by atoms with van der Waals surface area (Å²) in [6, 6.07) is 6.78. The molecule has 0 radical (unpaired) electrons. The number of guanidine groups is 1. The Morgan fingerprint density at radius 2 is 2.29 bits per heavy atom. The Balaban J connectivity index is 1.72. The van der Waals surface area contributed by atoms with Crippen LogP contribution in [0.15, 0.2) is 29.3 Å². The second-order valence-corrected chi connectivity index (χ2v) is 6.14. The predicted octanol–water partition coefficient (Wildman–Crippen LogP) is 2.24. The standard InChI is InChI=1S/C18H29FN4O/c1-4-23-10-6-8-16(23)13-22-18(20-3)21-12-14(2)24-17-9-5-7-15(19)11-17/h5,7,9,11,14,16H,4,6,8,10,12-13H2,1-3H3,(H2,20,21,22). The summed E-state index contributed by atoms with van der Waals surface area (Å²) in [5.41, 5.74) is 0. The van der Waals surface area contributed by atoms with Crippen molar-refractivity contribution in [2.24, 2.45) is 4.99 Å². The average Bonchev–Trinajstić information content (AvgIpc) is 3.02. The lowest BCUT2D eigenvalue weighted by atomic mass is 10.2. The number of likely N-dealkylation sites (tertiary alicyclic amines) is 1. The van der Waals surface area contributed by atoms with Gasteiger partial charge in [-0.05, 0) is 45.0 Å². The van der Waals surface area contributed by atoms with Crippen molar-refractivity contribution < 1.29 is 9.13 Å². The average molecular weight is 336 g/mol. The Hall–Kier alpha value is -1.82. The van der Waals surface area contributed by atoms with E-state index in [2.05, 4.69) is 27.4 Å². The largest absolute Gasteiger partial charge is 0.489 e. The van der Waals surface area contributed by atoms with Gasteiger partial charge in [-0.25, -0.2) is 4.39 Å². The Morgan fingerprint density at radius 3 is 3.00 bits per heavy atom. The molecule has 0 amide bonds. The van der Waals surface area contributed by atoms with Crippen LogP contribution in [0.3, 0.4) is 0 Å². The first-order chi connectivity index (χ1) is 11.6. The number of benzene rings is 1. The van der Waals surface area contributed by atoms with E-state index in [1.165, 1.54) is 31.5 Å². The molecule has 2 N–H and O–H groups in total. The first kappa shape index (κ1) is 18.5. The summed E-state index contributed by atoms with van der Waals surface area (Å²) < 4.78 is 18.9. The topological polar surface area (TPSA) is 48.9 Å². The molecule has 2 rings (SSSR count). The molecular formula is C18H29FN4O. The van der Waals surface area contributed by atoms with Gasteiger partial charge in [0.25, 0.3) is 0 Å². The zero-order valence-electron chi connectivity index (χ0n) is 14.9. The van der Waals surface area contributed by atoms with Gasteiger partial charge < -0.3 is 15.4 Å². The van der Waals surface area contributed by atoms with E-state index in [0.29, 0.717) is 18.3 Å². The van der Waals surface area contributed by atoms with Crippen molar-refractivity contribution in [3.63, 3.8) is 0 Å². The Labute approximate surface area is 144 Å². The van der Waals surface area contributed by atoms with Crippen molar-refractivity contribution in [1.82, 2.24) is 15.5 Å². The zero-order valence-corrected chi connectivity index (χ0v) is 14.9. The summed E-state index contributed by atoms with van der Waals surface area (Å²) >= 11 is 0. The predicted molar refractivity (Wildman–Crippen MR) is 96.1 cm³/mol. The van der Waals surface area contributed by atoms with Crippen LogP contribution in [0.1, 0.15) is 26.7 Å². The number of ether oxygens (including phenoxy) is 1. The highest BCUT2D eigenvalue weighted by molar-refractivity contribution is 5.79. The third kappa shape index (κ3) is 5.67. The van der Waals surface area contributed by atoms with E-state index < -0.39 is 0 Å². The number of aliphatic imine (C=N–C) groups is 1. The highest BCUT2D eigenvalue weighted by atomic mass is 19.1. The summed E-state index contributed by atoms with van der Waals surface area (Å²) in [7, 11) is 1.76. The lowest BCUT2D eigenvalue weighted by Gasteiger charge is -2.24. The fourth-order valence-corrected chi connectivity index (χ4v) is 3.03. The van der Waals surface area contributed by atoms with E-state index in [1.807, 2.05) is 6.92 Å². The number of likely N-dealkylation sites (N-methyl/N-ethyl adjacent to an activating group) is 1. The molecule has 134 valence electrons. The van der Waals surface area contributed by atoms with Crippen LogP contribution in [0, 0.1) is 5.82 Å². The minimum atomic E-state index is -0.290. The van der Waals surface area contributed by atoms with Crippen molar-refractivity contribution in [3.05, 3.63) is 30.1 Å². The van der Waals surface area contributed by atoms with Gasteiger partial charge in [0.2, 0.25) is 0 Å². The second-order valence-electron chi connectivity index (χ2n) is 6.14. The number of halogens is 1. The highest BCUT2D eigenvalue weighted by Crippen LogP contribution is 2.15. The first-order valence-corrected chi connectivity index (χ1v) is 8.73. The number of hydrogen-bond donors (Lipinski definition) is 2. The summed E-state index contributed by atoms with van der Waals surface area (Å²) in [5.74, 6) is 1.02. The molecule has 1 aromatic carbocycles. The van der Waals surface area contributed by atoms with E-state index in [0.717, 1.165) is 19.0 Å². The monoisotopic (exact) mass is 336 g/mol. The molecule has 0 aromatic heterocycles. The first-order valence-electron chi connectivity index (χ1n) is 8.73. The quantitative estimate of drug-likeness (QED) is 0.592. The molecule has 1 saturated heterocycles. The van der Waals surface area contributed by atoms with Gasteiger partial charge in [-0.2, -0.15) is 0 Å². The van der Waals surface area contributed by atoms with Crippen LogP contribution in [0.25, 0.3) is 0 Å². The fraction of sp³-hybridized carbons (Fsp3) is 0.611. The van der Waals surface area contributed by atoms with E-state index >= 15 is 0 Å². The van der Waals surface area contributed by atoms with Crippen molar-refractivity contribution in [1.29, 1.82) is 0 Å². The van der Waals surface area contributed by atoms with Crippen LogP contribution in [0.5, 0.6) is 5.75 Å². The van der Waals surface area contributed by atoms with E-state index in [-0.39, 0.29) is 11.9 Å². The lowest BCUT2D eigenvalue weighted by Crippen LogP contribution is -2.46. The van der Waals surface area contributed by atoms with Gasteiger partial charge in [0.1, 0.15) is 17.7 Å². The smallest absolute Gasteiger partial charge is 0.191 e. The molecule has 2 atom stereocenters. The highest BCUT2D eigenvalue weighted by Gasteiger charge is 2.22. The molecule has 1 heterocycles. The number of hydrogen-bond acceptors (Lipinski definition) is 3. The normalized spacial score (nSPS) is 20.0. The Morgan fingerprint density at radius 1 is 1.46 bits per heavy atom. The Kier molecular flexibility index (Phi) is 7.31. The van der Waals surface area contributed by atoms with Crippen LogP contribution in [0.2, 0.25) is 0 Å². The van der Waals surface area contributed by atoms with Gasteiger partial charge in [0.05, 0.1) is 6.54 Å². The van der Waals surface area contributed by atoms with Crippen LogP contribution >= 0.6 is 0 Å². The minimum absolute atomic E-state index is 0.0935. The third-order valence-electron chi connectivity index (χ3n) is 4.32. The molecule has 2 unspecified atom stereocenters. The lowest BCUT2D eigenvalue weighted by molar-refractivity contribution is 0.222. The van der Waals surface area contributed by atoms with Crippen molar-refractivity contribution in [2.45, 2.75) is 38.8 Å². The SMILES string of the molecule is CCN1CCCC1CNC(=NC)NCC(C)Oc1cccc(F)c1. The van der Waals surface area contributed by atoms with E-state index in [4.69, 9.17) is 4.74 Å². The summed E-state index contributed by atoms with van der Waals surface area (Å²) in [6.45, 7) is 7.92. The number of nitrogens with zero attached hydrogens (tertiary/aromatic N) is 2. The van der Waals surface area contributed by atoms with Crippen LogP contribution in [-0.4, -0.2) is 56.2 Å². The molecule has 24 heavy (non-hydrogen) atoms. The molecule has 5 nitrogen and oxygen atoms in total. The van der Waals surface area contributed by atoms with Crippen molar-refractivity contribution in [3.8, 4) is 5.75 Å². The van der Waals surface area contributed by atoms with Crippen molar-refractivity contribution in [2.75, 3.05) is 33.2 Å². The molecule has 1 aromatic rings. The van der Waals surface area contributed by atoms with Gasteiger partial charge >= 0.3 is 0 Å². The molecule has 1 fully saturated rings. The van der Waals surface area contributed by atoms with Crippen molar-refractivity contribution >= 4 is 5.96 Å². The van der Waals surface area contributed by atoms with Crippen LogP contribution < -0.4 is 15.4 Å².